The lowest BCUT2D eigenvalue weighted by atomic mass is 10.2. The molecule has 1 aromatic rings. The van der Waals surface area contributed by atoms with E-state index < -0.39 is 0 Å². The Bertz CT molecular complexity index is 434. The number of nitrogens with two attached hydrogens (primary N) is 1. The molecule has 14 heavy (non-hydrogen) atoms. The van der Waals surface area contributed by atoms with Crippen molar-refractivity contribution in [2.75, 3.05) is 12.3 Å². The lowest BCUT2D eigenvalue weighted by Gasteiger charge is -1.97. The SMILES string of the molecule is Cc1cnc(N)c(C#CCN=[N+]=[N-])c1. The summed E-state index contributed by atoms with van der Waals surface area (Å²) in [5, 5.41) is 3.28. The van der Waals surface area contributed by atoms with Crippen LogP contribution in [0.25, 0.3) is 10.4 Å². The zero-order valence-corrected chi connectivity index (χ0v) is 7.73. The molecule has 5 nitrogen and oxygen atoms in total. The molecule has 0 aromatic carbocycles. The van der Waals surface area contributed by atoms with E-state index in [1.165, 1.54) is 0 Å². The zero-order chi connectivity index (χ0) is 10.4. The van der Waals surface area contributed by atoms with Crippen molar-refractivity contribution < 1.29 is 0 Å². The smallest absolute Gasteiger partial charge is 0.139 e. The van der Waals surface area contributed by atoms with Crippen molar-refractivity contribution in [3.8, 4) is 11.8 Å². The van der Waals surface area contributed by atoms with Gasteiger partial charge in [-0.1, -0.05) is 17.0 Å². The monoisotopic (exact) mass is 187 g/mol. The van der Waals surface area contributed by atoms with E-state index in [9.17, 15) is 0 Å². The van der Waals surface area contributed by atoms with Crippen molar-refractivity contribution in [2.24, 2.45) is 5.11 Å². The first-order valence-corrected chi connectivity index (χ1v) is 3.96. The fourth-order valence-corrected chi connectivity index (χ4v) is 0.882. The number of pyridine rings is 1. The third kappa shape index (κ3) is 2.70. The molecule has 2 N–H and O–H groups in total. The molecule has 1 heterocycles. The maximum absolute atomic E-state index is 8.02. The van der Waals surface area contributed by atoms with E-state index in [4.69, 9.17) is 11.3 Å². The number of aryl methyl sites for hydroxylation is 1. The Balaban J connectivity index is 2.88. The molecular weight excluding hydrogens is 178 g/mol. The van der Waals surface area contributed by atoms with Gasteiger partial charge >= 0.3 is 0 Å². The van der Waals surface area contributed by atoms with E-state index in [1.807, 2.05) is 13.0 Å². The van der Waals surface area contributed by atoms with Crippen LogP contribution in [0, 0.1) is 18.8 Å². The van der Waals surface area contributed by atoms with Crippen LogP contribution in [0.3, 0.4) is 0 Å². The van der Waals surface area contributed by atoms with Gasteiger partial charge in [0.25, 0.3) is 0 Å². The second-order valence-electron chi connectivity index (χ2n) is 2.64. The van der Waals surface area contributed by atoms with Crippen LogP contribution in [-0.2, 0) is 0 Å². The zero-order valence-electron chi connectivity index (χ0n) is 7.73. The van der Waals surface area contributed by atoms with Crippen LogP contribution < -0.4 is 5.73 Å². The first-order chi connectivity index (χ1) is 6.74. The highest BCUT2D eigenvalue weighted by atomic mass is 15.1. The predicted molar refractivity (Wildman–Crippen MR) is 54.3 cm³/mol. The molecule has 70 valence electrons. The van der Waals surface area contributed by atoms with Crippen LogP contribution in [0.15, 0.2) is 17.4 Å². The second kappa shape index (κ2) is 4.75. The largest absolute Gasteiger partial charge is 0.383 e. The molecule has 0 bridgehead atoms. The number of nitrogens with zero attached hydrogens (tertiary/aromatic N) is 4. The number of hydrogen-bond donors (Lipinski definition) is 1. The average Bonchev–Trinajstić information content (AvgIpc) is 2.18. The highest BCUT2D eigenvalue weighted by Crippen LogP contribution is 2.07. The first kappa shape index (κ1) is 9.90. The lowest BCUT2D eigenvalue weighted by Crippen LogP contribution is -1.94. The molecule has 0 radical (unpaired) electrons. The molecular formula is C9H9N5. The summed E-state index contributed by atoms with van der Waals surface area (Å²) in [4.78, 5) is 6.53. The number of azide groups is 1. The van der Waals surface area contributed by atoms with E-state index in [-0.39, 0.29) is 6.54 Å². The molecule has 0 atom stereocenters. The van der Waals surface area contributed by atoms with Crippen molar-refractivity contribution in [3.63, 3.8) is 0 Å². The number of anilines is 1. The van der Waals surface area contributed by atoms with Gasteiger partial charge in [-0.05, 0) is 24.1 Å². The normalized spacial score (nSPS) is 8.36. The molecule has 0 unspecified atom stereocenters. The van der Waals surface area contributed by atoms with Gasteiger partial charge in [0.1, 0.15) is 5.82 Å². The van der Waals surface area contributed by atoms with Crippen molar-refractivity contribution in [1.29, 1.82) is 0 Å². The third-order valence-electron chi connectivity index (χ3n) is 1.49. The molecule has 0 amide bonds. The van der Waals surface area contributed by atoms with Gasteiger partial charge in [-0.15, -0.1) is 0 Å². The van der Waals surface area contributed by atoms with Crippen molar-refractivity contribution in [3.05, 3.63) is 33.8 Å². The predicted octanol–water partition coefficient (Wildman–Crippen LogP) is 1.63. The number of hydrogen-bond acceptors (Lipinski definition) is 3. The van der Waals surface area contributed by atoms with Gasteiger partial charge in [0.05, 0.1) is 12.1 Å². The highest BCUT2D eigenvalue weighted by molar-refractivity contribution is 5.51. The molecule has 5 heteroatoms. The summed E-state index contributed by atoms with van der Waals surface area (Å²) in [6.45, 7) is 2.05. The van der Waals surface area contributed by atoms with Crippen LogP contribution in [0.4, 0.5) is 5.82 Å². The molecule has 1 aromatic heterocycles. The topological polar surface area (TPSA) is 87.7 Å². The molecule has 0 aliphatic heterocycles. The molecule has 0 spiro atoms. The summed E-state index contributed by atoms with van der Waals surface area (Å²) >= 11 is 0. The summed E-state index contributed by atoms with van der Waals surface area (Å²) in [6.07, 6.45) is 1.67. The van der Waals surface area contributed by atoms with Gasteiger partial charge < -0.3 is 5.73 Å². The molecule has 1 rings (SSSR count). The van der Waals surface area contributed by atoms with Gasteiger partial charge in [0, 0.05) is 11.1 Å². The number of rotatable bonds is 1. The highest BCUT2D eigenvalue weighted by Gasteiger charge is 1.95. The van der Waals surface area contributed by atoms with Crippen molar-refractivity contribution in [1.82, 2.24) is 4.98 Å². The first-order valence-electron chi connectivity index (χ1n) is 3.96. The van der Waals surface area contributed by atoms with Gasteiger partial charge in [-0.25, -0.2) is 4.98 Å². The Kier molecular flexibility index (Phi) is 3.36. The Morgan fingerprint density at radius 3 is 3.21 bits per heavy atom. The van der Waals surface area contributed by atoms with Gasteiger partial charge in [-0.2, -0.15) is 0 Å². The minimum atomic E-state index is 0.143. The van der Waals surface area contributed by atoms with Crippen LogP contribution in [0.5, 0.6) is 0 Å². The van der Waals surface area contributed by atoms with Crippen molar-refractivity contribution in [2.45, 2.75) is 6.92 Å². The molecule has 0 saturated carbocycles. The average molecular weight is 187 g/mol. The summed E-state index contributed by atoms with van der Waals surface area (Å²) in [5.41, 5.74) is 15.3. The lowest BCUT2D eigenvalue weighted by molar-refractivity contribution is 1.24. The van der Waals surface area contributed by atoms with E-state index in [0.717, 1.165) is 5.56 Å². The van der Waals surface area contributed by atoms with E-state index in [0.29, 0.717) is 11.4 Å². The number of nitrogen functional groups attached to an aromatic ring is 1. The summed E-state index contributed by atoms with van der Waals surface area (Å²) in [6, 6.07) is 1.84. The van der Waals surface area contributed by atoms with E-state index in [1.54, 1.807) is 6.20 Å². The Hall–Kier alpha value is -2.18. The van der Waals surface area contributed by atoms with Gasteiger partial charge in [0.2, 0.25) is 0 Å². The minimum Gasteiger partial charge on any atom is -0.383 e. The number of aromatic nitrogens is 1. The molecule has 0 aliphatic carbocycles. The molecule has 0 aliphatic rings. The van der Waals surface area contributed by atoms with E-state index >= 15 is 0 Å². The maximum Gasteiger partial charge on any atom is 0.139 e. The maximum atomic E-state index is 8.02. The summed E-state index contributed by atoms with van der Waals surface area (Å²) < 4.78 is 0. The van der Waals surface area contributed by atoms with Crippen LogP contribution in [0.2, 0.25) is 0 Å². The Labute approximate surface area is 81.6 Å². The van der Waals surface area contributed by atoms with E-state index in [2.05, 4.69) is 26.9 Å². The minimum absolute atomic E-state index is 0.143. The third-order valence-corrected chi connectivity index (χ3v) is 1.49. The summed E-state index contributed by atoms with van der Waals surface area (Å²) in [7, 11) is 0. The standard InChI is InChI=1S/C9H9N5/c1-7-5-8(9(10)12-6-7)3-2-4-13-14-11/h5-6H,4H2,1H3,(H2,10,12). The second-order valence-corrected chi connectivity index (χ2v) is 2.64. The fourth-order valence-electron chi connectivity index (χ4n) is 0.882. The van der Waals surface area contributed by atoms with Crippen LogP contribution >= 0.6 is 0 Å². The van der Waals surface area contributed by atoms with Crippen LogP contribution in [-0.4, -0.2) is 11.5 Å². The Morgan fingerprint density at radius 2 is 2.50 bits per heavy atom. The van der Waals surface area contributed by atoms with Gasteiger partial charge in [0.15, 0.2) is 0 Å². The quantitative estimate of drug-likeness (QED) is 0.313. The van der Waals surface area contributed by atoms with Gasteiger partial charge in [-0.3, -0.25) is 0 Å². The fraction of sp³-hybridized carbons (Fsp3) is 0.222. The Morgan fingerprint density at radius 1 is 1.71 bits per heavy atom. The van der Waals surface area contributed by atoms with Crippen molar-refractivity contribution >= 4 is 5.82 Å². The van der Waals surface area contributed by atoms with Crippen LogP contribution in [0.1, 0.15) is 11.1 Å². The molecule has 0 fully saturated rings. The summed E-state index contributed by atoms with van der Waals surface area (Å²) in [5.74, 6) is 5.86. The molecule has 0 saturated heterocycles.